The lowest BCUT2D eigenvalue weighted by Crippen LogP contribution is -2.46. The van der Waals surface area contributed by atoms with E-state index in [1.54, 1.807) is 29.2 Å². The third-order valence-electron chi connectivity index (χ3n) is 6.80. The number of carbonyl (C=O) groups is 1. The standard InChI is InChI=1S/C29H26ClN9O/c30-23-7-8-25-26(16-23)32-11-9-28(25)38-14-12-37(13-15-38)19-24-20-39(36-34-24)27-6-2-1-4-21(27)18-33-35-29(40)22-5-3-10-31-17-22/h1-11,16-18,20H,12-15,19H2,(H,35,40)/b33-18+. The molecule has 0 atom stereocenters. The number of hydrogen-bond acceptors (Lipinski definition) is 8. The SMILES string of the molecule is O=C(N/N=C/c1ccccc1-n1cc(CN2CCN(c3ccnc4cc(Cl)ccc34)CC2)nn1)c1cccnc1. The van der Waals surface area contributed by atoms with E-state index in [-0.39, 0.29) is 5.91 Å². The lowest BCUT2D eigenvalue weighted by atomic mass is 10.1. The maximum absolute atomic E-state index is 12.2. The van der Waals surface area contributed by atoms with Gasteiger partial charge in [-0.2, -0.15) is 5.10 Å². The van der Waals surface area contributed by atoms with Gasteiger partial charge in [0.1, 0.15) is 0 Å². The minimum Gasteiger partial charge on any atom is -0.368 e. The molecule has 1 N–H and O–H groups in total. The number of pyridine rings is 2. The zero-order valence-electron chi connectivity index (χ0n) is 21.6. The van der Waals surface area contributed by atoms with Crippen LogP contribution in [0.4, 0.5) is 5.69 Å². The normalized spacial score (nSPS) is 14.2. The van der Waals surface area contributed by atoms with Crippen molar-refractivity contribution in [3.05, 3.63) is 107 Å². The van der Waals surface area contributed by atoms with E-state index in [4.69, 9.17) is 11.6 Å². The number of para-hydroxylation sites is 1. The number of benzene rings is 2. The van der Waals surface area contributed by atoms with E-state index in [2.05, 4.69) is 46.7 Å². The van der Waals surface area contributed by atoms with Crippen molar-refractivity contribution in [1.82, 2.24) is 35.3 Å². The van der Waals surface area contributed by atoms with E-state index >= 15 is 0 Å². The van der Waals surface area contributed by atoms with Gasteiger partial charge in [-0.15, -0.1) is 5.10 Å². The number of halogens is 1. The second-order valence-electron chi connectivity index (χ2n) is 9.41. The van der Waals surface area contributed by atoms with Crippen LogP contribution in [0.15, 0.2) is 90.6 Å². The predicted octanol–water partition coefficient (Wildman–Crippen LogP) is 3.95. The van der Waals surface area contributed by atoms with Gasteiger partial charge in [-0.25, -0.2) is 10.1 Å². The average molecular weight is 552 g/mol. The Labute approximate surface area is 235 Å². The molecular weight excluding hydrogens is 526 g/mol. The van der Waals surface area contributed by atoms with Gasteiger partial charge in [-0.3, -0.25) is 19.7 Å². The summed E-state index contributed by atoms with van der Waals surface area (Å²) in [5, 5.41) is 14.7. The zero-order chi connectivity index (χ0) is 27.3. The number of piperazine rings is 1. The van der Waals surface area contributed by atoms with Crippen LogP contribution in [-0.2, 0) is 6.54 Å². The quantitative estimate of drug-likeness (QED) is 0.241. The molecule has 0 saturated carbocycles. The summed E-state index contributed by atoms with van der Waals surface area (Å²) >= 11 is 6.16. The highest BCUT2D eigenvalue weighted by atomic mass is 35.5. The van der Waals surface area contributed by atoms with Crippen molar-refractivity contribution < 1.29 is 4.79 Å². The van der Waals surface area contributed by atoms with E-state index in [9.17, 15) is 4.79 Å². The Hall–Kier alpha value is -4.67. The van der Waals surface area contributed by atoms with Gasteiger partial charge in [0.05, 0.1) is 34.9 Å². The summed E-state index contributed by atoms with van der Waals surface area (Å²) in [5.41, 5.74) is 7.56. The second-order valence-corrected chi connectivity index (χ2v) is 9.85. The van der Waals surface area contributed by atoms with Crippen LogP contribution in [0, 0.1) is 0 Å². The molecule has 5 aromatic rings. The minimum atomic E-state index is -0.327. The topological polar surface area (TPSA) is 104 Å². The van der Waals surface area contributed by atoms with Crippen molar-refractivity contribution in [3.8, 4) is 5.69 Å². The maximum atomic E-state index is 12.2. The van der Waals surface area contributed by atoms with Crippen molar-refractivity contribution in [2.45, 2.75) is 6.54 Å². The Morgan fingerprint density at radius 2 is 1.88 bits per heavy atom. The molecule has 2 aromatic carbocycles. The van der Waals surface area contributed by atoms with Crippen molar-refractivity contribution in [1.29, 1.82) is 0 Å². The summed E-state index contributed by atoms with van der Waals surface area (Å²) in [6.45, 7) is 4.33. The van der Waals surface area contributed by atoms with Gasteiger partial charge in [-0.05, 0) is 42.5 Å². The number of aromatic nitrogens is 5. The Bertz CT molecular complexity index is 1660. The number of hydrogen-bond donors (Lipinski definition) is 1. The Morgan fingerprint density at radius 3 is 2.73 bits per heavy atom. The molecule has 3 aromatic heterocycles. The summed E-state index contributed by atoms with van der Waals surface area (Å²) in [6, 6.07) is 19.0. The fourth-order valence-electron chi connectivity index (χ4n) is 4.77. The molecule has 1 aliphatic rings. The minimum absolute atomic E-state index is 0.327. The molecule has 0 spiro atoms. The monoisotopic (exact) mass is 551 g/mol. The lowest BCUT2D eigenvalue weighted by Gasteiger charge is -2.36. The summed E-state index contributed by atoms with van der Waals surface area (Å²) in [6.07, 6.45) is 8.49. The number of nitrogens with zero attached hydrogens (tertiary/aromatic N) is 8. The number of nitrogens with one attached hydrogen (secondary N) is 1. The van der Waals surface area contributed by atoms with E-state index in [0.29, 0.717) is 17.1 Å². The van der Waals surface area contributed by atoms with Crippen molar-refractivity contribution in [2.24, 2.45) is 5.10 Å². The van der Waals surface area contributed by atoms with E-state index in [0.717, 1.165) is 54.0 Å². The van der Waals surface area contributed by atoms with Gasteiger partial charge in [0.25, 0.3) is 5.91 Å². The molecule has 1 fully saturated rings. The van der Waals surface area contributed by atoms with Crippen LogP contribution in [0.1, 0.15) is 21.6 Å². The van der Waals surface area contributed by atoms with Crippen molar-refractivity contribution in [3.63, 3.8) is 0 Å². The molecule has 11 heteroatoms. The van der Waals surface area contributed by atoms with Crippen molar-refractivity contribution in [2.75, 3.05) is 31.1 Å². The van der Waals surface area contributed by atoms with Gasteiger partial charge < -0.3 is 4.90 Å². The molecule has 200 valence electrons. The van der Waals surface area contributed by atoms with Crippen LogP contribution in [0.5, 0.6) is 0 Å². The highest BCUT2D eigenvalue weighted by molar-refractivity contribution is 6.31. The van der Waals surface area contributed by atoms with Crippen LogP contribution >= 0.6 is 11.6 Å². The molecule has 1 amide bonds. The number of fused-ring (bicyclic) bond motifs is 1. The number of amides is 1. The van der Waals surface area contributed by atoms with Gasteiger partial charge in [-0.1, -0.05) is 35.0 Å². The summed E-state index contributed by atoms with van der Waals surface area (Å²) < 4.78 is 1.74. The first-order chi connectivity index (χ1) is 19.6. The van der Waals surface area contributed by atoms with Crippen LogP contribution in [0.3, 0.4) is 0 Å². The van der Waals surface area contributed by atoms with E-state index < -0.39 is 0 Å². The fourth-order valence-corrected chi connectivity index (χ4v) is 4.94. The third kappa shape index (κ3) is 5.68. The summed E-state index contributed by atoms with van der Waals surface area (Å²) in [7, 11) is 0. The largest absolute Gasteiger partial charge is 0.368 e. The second kappa shape index (κ2) is 11.6. The van der Waals surface area contributed by atoms with Gasteiger partial charge >= 0.3 is 0 Å². The molecule has 10 nitrogen and oxygen atoms in total. The van der Waals surface area contributed by atoms with Crippen LogP contribution in [-0.4, -0.2) is 68.2 Å². The number of rotatable bonds is 7. The smallest absolute Gasteiger partial charge is 0.272 e. The predicted molar refractivity (Wildman–Crippen MR) is 155 cm³/mol. The van der Waals surface area contributed by atoms with Gasteiger partial charge in [0.15, 0.2) is 0 Å². The van der Waals surface area contributed by atoms with Gasteiger partial charge in [0.2, 0.25) is 0 Å². The lowest BCUT2D eigenvalue weighted by molar-refractivity contribution is 0.0954. The first kappa shape index (κ1) is 25.6. The maximum Gasteiger partial charge on any atom is 0.272 e. The average Bonchev–Trinajstić information content (AvgIpc) is 3.46. The van der Waals surface area contributed by atoms with Crippen LogP contribution < -0.4 is 10.3 Å². The van der Waals surface area contributed by atoms with E-state index in [1.807, 2.05) is 54.9 Å². The molecule has 0 unspecified atom stereocenters. The molecule has 1 saturated heterocycles. The number of hydrazone groups is 1. The summed E-state index contributed by atoms with van der Waals surface area (Å²) in [5.74, 6) is -0.327. The highest BCUT2D eigenvalue weighted by Gasteiger charge is 2.20. The molecule has 6 rings (SSSR count). The first-order valence-electron chi connectivity index (χ1n) is 12.9. The molecular formula is C29H26ClN9O. The first-order valence-corrected chi connectivity index (χ1v) is 13.3. The van der Waals surface area contributed by atoms with Gasteiger partial charge in [0, 0.05) is 73.0 Å². The van der Waals surface area contributed by atoms with Crippen LogP contribution in [0.2, 0.25) is 5.02 Å². The highest BCUT2D eigenvalue weighted by Crippen LogP contribution is 2.28. The third-order valence-corrected chi connectivity index (χ3v) is 7.03. The molecule has 4 heterocycles. The number of anilines is 1. The molecule has 40 heavy (non-hydrogen) atoms. The molecule has 0 bridgehead atoms. The Balaban J connectivity index is 1.09. The Kier molecular flexibility index (Phi) is 7.43. The van der Waals surface area contributed by atoms with Crippen LogP contribution in [0.25, 0.3) is 16.6 Å². The van der Waals surface area contributed by atoms with Crippen molar-refractivity contribution >= 4 is 40.3 Å². The molecule has 1 aliphatic heterocycles. The molecule has 0 aliphatic carbocycles. The van der Waals surface area contributed by atoms with E-state index in [1.165, 1.54) is 11.9 Å². The summed E-state index contributed by atoms with van der Waals surface area (Å²) in [4.78, 5) is 25.5. The fraction of sp³-hybridized carbons (Fsp3) is 0.172. The number of carbonyl (C=O) groups excluding carboxylic acids is 1. The molecule has 0 radical (unpaired) electrons. The Morgan fingerprint density at radius 1 is 1.00 bits per heavy atom. The zero-order valence-corrected chi connectivity index (χ0v) is 22.3.